The second-order valence-corrected chi connectivity index (χ2v) is 8.56. The number of aliphatic hydroxyl groups is 2. The summed E-state index contributed by atoms with van der Waals surface area (Å²) in [5.41, 5.74) is -1.88. The molecule has 0 radical (unpaired) electrons. The first kappa shape index (κ1) is 21.1. The van der Waals surface area contributed by atoms with E-state index >= 15 is 0 Å². The summed E-state index contributed by atoms with van der Waals surface area (Å²) in [5, 5.41) is 21.5. The van der Waals surface area contributed by atoms with Gasteiger partial charge in [0.15, 0.2) is 0 Å². The third-order valence-electron chi connectivity index (χ3n) is 5.94. The van der Waals surface area contributed by atoms with Crippen molar-refractivity contribution in [2.24, 2.45) is 5.92 Å². The first-order chi connectivity index (χ1) is 12.0. The van der Waals surface area contributed by atoms with Gasteiger partial charge >= 0.3 is 5.97 Å². The lowest BCUT2D eigenvalue weighted by molar-refractivity contribution is -0.210. The van der Waals surface area contributed by atoms with E-state index in [0.29, 0.717) is 44.1 Å². The molecule has 26 heavy (non-hydrogen) atoms. The van der Waals surface area contributed by atoms with Crippen molar-refractivity contribution in [3.8, 4) is 0 Å². The van der Waals surface area contributed by atoms with Crippen molar-refractivity contribution in [1.29, 1.82) is 0 Å². The lowest BCUT2D eigenvalue weighted by Crippen LogP contribution is -2.55. The molecule has 2 aliphatic heterocycles. The summed E-state index contributed by atoms with van der Waals surface area (Å²) >= 11 is 0. The van der Waals surface area contributed by atoms with Gasteiger partial charge in [-0.15, -0.1) is 0 Å². The lowest BCUT2D eigenvalue weighted by Gasteiger charge is -2.49. The van der Waals surface area contributed by atoms with Gasteiger partial charge < -0.3 is 19.7 Å². The number of carbonyl (C=O) groups excluding carboxylic acids is 1. The number of ether oxygens (including phenoxy) is 2. The molecule has 0 aromatic rings. The molecule has 148 valence electrons. The van der Waals surface area contributed by atoms with Crippen LogP contribution < -0.4 is 0 Å². The molecule has 2 heterocycles. The first-order valence-electron chi connectivity index (χ1n) is 9.62. The standard InChI is InChI=1S/C21H34O5/c1-15(2)21-13-11-19(3,23)10-6-7-16(18(22)25-5)8-9-17(26-21)20(4,24)12-14-21/h7,11,13,15,17,23-24H,6,8-10,12,14H2,1-5H3/t17-,19-,20-,21+/m0/s1. The van der Waals surface area contributed by atoms with E-state index in [9.17, 15) is 15.0 Å². The van der Waals surface area contributed by atoms with Crippen LogP contribution in [0.4, 0.5) is 0 Å². The Kier molecular flexibility index (Phi) is 6.36. The molecule has 0 aliphatic carbocycles. The van der Waals surface area contributed by atoms with Gasteiger partial charge in [0.25, 0.3) is 0 Å². The average molecular weight is 366 g/mol. The summed E-state index contributed by atoms with van der Waals surface area (Å²) in [5.74, 6) is -0.158. The maximum Gasteiger partial charge on any atom is 0.333 e. The molecule has 1 fully saturated rings. The fourth-order valence-corrected chi connectivity index (χ4v) is 3.82. The van der Waals surface area contributed by atoms with Gasteiger partial charge in [-0.05, 0) is 58.3 Å². The molecular weight excluding hydrogens is 332 g/mol. The number of fused-ring (bicyclic) bond motifs is 2. The summed E-state index contributed by atoms with van der Waals surface area (Å²) < 4.78 is 11.3. The van der Waals surface area contributed by atoms with Crippen LogP contribution in [0.15, 0.2) is 23.8 Å². The SMILES string of the molecule is COC(=O)C1=CCC[C@](C)(O)C=C[C@]2(C(C)C)CC[C@](C)(O)[C@H](CC1)O2. The average Bonchev–Trinajstić information content (AvgIpc) is 2.56. The predicted octanol–water partition coefficient (Wildman–Crippen LogP) is 3.29. The van der Waals surface area contributed by atoms with Crippen molar-refractivity contribution in [2.45, 2.75) is 89.1 Å². The Hall–Kier alpha value is -1.17. The third kappa shape index (κ3) is 4.76. The van der Waals surface area contributed by atoms with E-state index < -0.39 is 16.8 Å². The maximum absolute atomic E-state index is 12.1. The molecule has 2 N–H and O–H groups in total. The summed E-state index contributed by atoms with van der Waals surface area (Å²) in [7, 11) is 1.37. The van der Waals surface area contributed by atoms with E-state index in [1.54, 1.807) is 13.8 Å². The zero-order valence-corrected chi connectivity index (χ0v) is 16.7. The van der Waals surface area contributed by atoms with Gasteiger partial charge in [-0.1, -0.05) is 32.1 Å². The molecule has 5 heteroatoms. The van der Waals surface area contributed by atoms with Crippen molar-refractivity contribution >= 4 is 5.97 Å². The number of rotatable bonds is 2. The minimum atomic E-state index is -0.988. The van der Waals surface area contributed by atoms with Gasteiger partial charge in [0.1, 0.15) is 0 Å². The Balaban J connectivity index is 2.40. The van der Waals surface area contributed by atoms with Crippen molar-refractivity contribution in [1.82, 2.24) is 0 Å². The molecular formula is C21H34O5. The second kappa shape index (κ2) is 7.83. The smallest absolute Gasteiger partial charge is 0.333 e. The van der Waals surface area contributed by atoms with Crippen LogP contribution in [0.2, 0.25) is 0 Å². The number of carbonyl (C=O) groups is 1. The Labute approximate surface area is 157 Å². The van der Waals surface area contributed by atoms with E-state index in [2.05, 4.69) is 13.8 Å². The highest BCUT2D eigenvalue weighted by atomic mass is 16.5. The summed E-state index contributed by atoms with van der Waals surface area (Å²) in [4.78, 5) is 12.1. The predicted molar refractivity (Wildman–Crippen MR) is 101 cm³/mol. The zero-order valence-electron chi connectivity index (χ0n) is 16.7. The van der Waals surface area contributed by atoms with Gasteiger partial charge in [-0.25, -0.2) is 4.79 Å². The van der Waals surface area contributed by atoms with Crippen LogP contribution in [0.1, 0.15) is 66.2 Å². The number of allylic oxidation sites excluding steroid dienone is 1. The fourth-order valence-electron chi connectivity index (χ4n) is 3.82. The zero-order chi connectivity index (χ0) is 19.6. The largest absolute Gasteiger partial charge is 0.466 e. The highest BCUT2D eigenvalue weighted by Crippen LogP contribution is 2.43. The maximum atomic E-state index is 12.1. The van der Waals surface area contributed by atoms with Crippen molar-refractivity contribution in [3.63, 3.8) is 0 Å². The van der Waals surface area contributed by atoms with Crippen LogP contribution >= 0.6 is 0 Å². The highest BCUT2D eigenvalue weighted by Gasteiger charge is 2.47. The molecule has 0 amide bonds. The van der Waals surface area contributed by atoms with E-state index in [0.717, 1.165) is 0 Å². The molecule has 2 aliphatic rings. The van der Waals surface area contributed by atoms with Crippen molar-refractivity contribution < 1.29 is 24.5 Å². The Morgan fingerprint density at radius 2 is 1.92 bits per heavy atom. The number of methoxy groups -OCH3 is 1. The topological polar surface area (TPSA) is 76.0 Å². The van der Waals surface area contributed by atoms with Crippen molar-refractivity contribution in [2.75, 3.05) is 7.11 Å². The van der Waals surface area contributed by atoms with Crippen LogP contribution in [0, 0.1) is 5.92 Å². The minimum Gasteiger partial charge on any atom is -0.466 e. The monoisotopic (exact) mass is 366 g/mol. The van der Waals surface area contributed by atoms with Crippen LogP contribution in [0.3, 0.4) is 0 Å². The minimum absolute atomic E-state index is 0.201. The summed E-state index contributed by atoms with van der Waals surface area (Å²) in [6, 6.07) is 0. The highest BCUT2D eigenvalue weighted by molar-refractivity contribution is 5.88. The van der Waals surface area contributed by atoms with Gasteiger partial charge in [0.2, 0.25) is 0 Å². The molecule has 0 aromatic heterocycles. The Morgan fingerprint density at radius 3 is 2.54 bits per heavy atom. The molecule has 0 spiro atoms. The molecule has 0 unspecified atom stereocenters. The molecule has 0 aromatic carbocycles. The Bertz CT molecular complexity index is 573. The van der Waals surface area contributed by atoms with Crippen LogP contribution in [-0.2, 0) is 14.3 Å². The van der Waals surface area contributed by atoms with Crippen LogP contribution in [0.25, 0.3) is 0 Å². The molecule has 2 bridgehead atoms. The van der Waals surface area contributed by atoms with Gasteiger partial charge in [0.05, 0.1) is 30.0 Å². The van der Waals surface area contributed by atoms with Gasteiger partial charge in [0, 0.05) is 5.57 Å². The van der Waals surface area contributed by atoms with Crippen LogP contribution in [-0.4, -0.2) is 46.2 Å². The Morgan fingerprint density at radius 1 is 1.23 bits per heavy atom. The molecule has 1 saturated heterocycles. The van der Waals surface area contributed by atoms with E-state index in [-0.39, 0.29) is 18.0 Å². The summed E-state index contributed by atoms with van der Waals surface area (Å²) in [6.45, 7) is 7.77. The van der Waals surface area contributed by atoms with E-state index in [1.807, 2.05) is 18.2 Å². The quantitative estimate of drug-likeness (QED) is 0.579. The van der Waals surface area contributed by atoms with Gasteiger partial charge in [-0.3, -0.25) is 0 Å². The lowest BCUT2D eigenvalue weighted by atomic mass is 9.75. The number of hydrogen-bond acceptors (Lipinski definition) is 5. The third-order valence-corrected chi connectivity index (χ3v) is 5.94. The fraction of sp³-hybridized carbons (Fsp3) is 0.762. The van der Waals surface area contributed by atoms with Crippen molar-refractivity contribution in [3.05, 3.63) is 23.8 Å². The van der Waals surface area contributed by atoms with E-state index in [4.69, 9.17) is 9.47 Å². The molecule has 5 nitrogen and oxygen atoms in total. The molecule has 2 rings (SSSR count). The normalized spacial score (nSPS) is 38.9. The number of hydrogen-bond donors (Lipinski definition) is 2. The second-order valence-electron chi connectivity index (χ2n) is 8.56. The van der Waals surface area contributed by atoms with Crippen LogP contribution in [0.5, 0.6) is 0 Å². The van der Waals surface area contributed by atoms with Gasteiger partial charge in [-0.2, -0.15) is 0 Å². The van der Waals surface area contributed by atoms with E-state index in [1.165, 1.54) is 7.11 Å². The molecule has 4 atom stereocenters. The number of esters is 1. The summed E-state index contributed by atoms with van der Waals surface area (Å²) in [6.07, 6.45) is 8.69. The first-order valence-corrected chi connectivity index (χ1v) is 9.62. The molecule has 0 saturated carbocycles.